The first-order valence-corrected chi connectivity index (χ1v) is 7.59. The SMILES string of the molecule is O=C1NC(=S)SC1N=Nc1cccc(S(=O)(=O)O)c1. The van der Waals surface area contributed by atoms with Crippen LogP contribution in [0.15, 0.2) is 39.4 Å². The molecule has 100 valence electrons. The van der Waals surface area contributed by atoms with Crippen molar-refractivity contribution in [3.05, 3.63) is 24.3 Å². The molecule has 0 aliphatic carbocycles. The van der Waals surface area contributed by atoms with E-state index < -0.39 is 15.5 Å². The molecule has 0 saturated carbocycles. The highest BCUT2D eigenvalue weighted by Crippen LogP contribution is 2.24. The summed E-state index contributed by atoms with van der Waals surface area (Å²) in [5, 5.41) is 9.14. The number of thioether (sulfide) groups is 1. The second kappa shape index (κ2) is 5.33. The Balaban J connectivity index is 2.20. The monoisotopic (exact) mass is 317 g/mol. The minimum absolute atomic E-state index is 0.210. The molecule has 0 radical (unpaired) electrons. The van der Waals surface area contributed by atoms with Crippen LogP contribution in [-0.2, 0) is 14.9 Å². The van der Waals surface area contributed by atoms with Gasteiger partial charge in [-0.05, 0) is 18.2 Å². The molecule has 1 fully saturated rings. The van der Waals surface area contributed by atoms with Crippen LogP contribution in [0.4, 0.5) is 5.69 Å². The van der Waals surface area contributed by atoms with Gasteiger partial charge in [0.2, 0.25) is 5.37 Å². The Morgan fingerprint density at radius 3 is 2.74 bits per heavy atom. The normalized spacial score (nSPS) is 19.9. The molecule has 0 spiro atoms. The molecule has 1 unspecified atom stereocenters. The van der Waals surface area contributed by atoms with E-state index in [0.717, 1.165) is 17.8 Å². The zero-order valence-electron chi connectivity index (χ0n) is 9.18. The van der Waals surface area contributed by atoms with Crippen LogP contribution in [0.2, 0.25) is 0 Å². The molecule has 7 nitrogen and oxygen atoms in total. The summed E-state index contributed by atoms with van der Waals surface area (Å²) in [6.45, 7) is 0. The van der Waals surface area contributed by atoms with Crippen molar-refractivity contribution < 1.29 is 17.8 Å². The van der Waals surface area contributed by atoms with Gasteiger partial charge in [-0.25, -0.2) is 0 Å². The van der Waals surface area contributed by atoms with Crippen LogP contribution in [0.1, 0.15) is 0 Å². The summed E-state index contributed by atoms with van der Waals surface area (Å²) in [5.41, 5.74) is 0.210. The van der Waals surface area contributed by atoms with Gasteiger partial charge >= 0.3 is 0 Å². The van der Waals surface area contributed by atoms with Gasteiger partial charge in [0.25, 0.3) is 16.0 Å². The van der Waals surface area contributed by atoms with Crippen LogP contribution in [0.25, 0.3) is 0 Å². The van der Waals surface area contributed by atoms with E-state index in [1.54, 1.807) is 0 Å². The van der Waals surface area contributed by atoms with Gasteiger partial charge in [0.1, 0.15) is 4.32 Å². The van der Waals surface area contributed by atoms with E-state index >= 15 is 0 Å². The van der Waals surface area contributed by atoms with Crippen molar-refractivity contribution in [2.75, 3.05) is 0 Å². The number of amides is 1. The zero-order chi connectivity index (χ0) is 14.0. The second-order valence-electron chi connectivity index (χ2n) is 3.43. The first kappa shape index (κ1) is 14.1. The summed E-state index contributed by atoms with van der Waals surface area (Å²) < 4.78 is 31.1. The van der Waals surface area contributed by atoms with Crippen molar-refractivity contribution in [3.8, 4) is 0 Å². The number of carbonyl (C=O) groups excluding carboxylic acids is 1. The zero-order valence-corrected chi connectivity index (χ0v) is 11.6. The Kier molecular flexibility index (Phi) is 3.94. The Labute approximate surface area is 118 Å². The first-order valence-electron chi connectivity index (χ1n) is 4.86. The molecule has 1 aromatic carbocycles. The molecule has 19 heavy (non-hydrogen) atoms. The molecule has 1 saturated heterocycles. The minimum atomic E-state index is -4.29. The maximum Gasteiger partial charge on any atom is 0.294 e. The number of hydrogen-bond acceptors (Lipinski definition) is 7. The van der Waals surface area contributed by atoms with Crippen LogP contribution >= 0.6 is 24.0 Å². The molecular weight excluding hydrogens is 310 g/mol. The maximum absolute atomic E-state index is 11.3. The highest BCUT2D eigenvalue weighted by molar-refractivity contribution is 8.24. The fraction of sp³-hybridized carbons (Fsp3) is 0.111. The van der Waals surface area contributed by atoms with Crippen molar-refractivity contribution in [2.24, 2.45) is 10.2 Å². The first-order chi connectivity index (χ1) is 8.86. The van der Waals surface area contributed by atoms with E-state index in [-0.39, 0.29) is 16.5 Å². The van der Waals surface area contributed by atoms with E-state index in [4.69, 9.17) is 16.8 Å². The van der Waals surface area contributed by atoms with Crippen LogP contribution in [0.3, 0.4) is 0 Å². The van der Waals surface area contributed by atoms with Gasteiger partial charge in [-0.3, -0.25) is 9.35 Å². The summed E-state index contributed by atoms with van der Waals surface area (Å²) in [4.78, 5) is 11.0. The number of rotatable bonds is 3. The van der Waals surface area contributed by atoms with Crippen LogP contribution in [0, 0.1) is 0 Å². The molecule has 0 bridgehead atoms. The van der Waals surface area contributed by atoms with Gasteiger partial charge in [-0.15, -0.1) is 0 Å². The lowest BCUT2D eigenvalue weighted by Crippen LogP contribution is -2.22. The van der Waals surface area contributed by atoms with Crippen molar-refractivity contribution >= 4 is 50.0 Å². The molecule has 0 aromatic heterocycles. The number of thiocarbonyl (C=S) groups is 1. The molecule has 1 heterocycles. The average molecular weight is 317 g/mol. The second-order valence-corrected chi connectivity index (χ2v) is 6.61. The number of benzene rings is 1. The minimum Gasteiger partial charge on any atom is -0.309 e. The van der Waals surface area contributed by atoms with Crippen molar-refractivity contribution in [1.82, 2.24) is 5.32 Å². The number of carbonyl (C=O) groups is 1. The maximum atomic E-state index is 11.3. The predicted octanol–water partition coefficient (Wildman–Crippen LogP) is 1.49. The van der Waals surface area contributed by atoms with E-state index in [1.807, 2.05) is 0 Å². The van der Waals surface area contributed by atoms with E-state index in [2.05, 4.69) is 15.5 Å². The summed E-state index contributed by atoms with van der Waals surface area (Å²) in [7, 11) is -4.29. The molecule has 2 N–H and O–H groups in total. The number of nitrogens with one attached hydrogen (secondary N) is 1. The Hall–Kier alpha value is -1.36. The van der Waals surface area contributed by atoms with Crippen LogP contribution in [0.5, 0.6) is 0 Å². The quantitative estimate of drug-likeness (QED) is 0.497. The van der Waals surface area contributed by atoms with Crippen molar-refractivity contribution in [2.45, 2.75) is 10.3 Å². The third-order valence-electron chi connectivity index (χ3n) is 2.06. The van der Waals surface area contributed by atoms with Gasteiger partial charge < -0.3 is 5.32 Å². The van der Waals surface area contributed by atoms with Gasteiger partial charge in [0.15, 0.2) is 0 Å². The summed E-state index contributed by atoms with van der Waals surface area (Å²) in [5.74, 6) is -0.371. The summed E-state index contributed by atoms with van der Waals surface area (Å²) in [6, 6.07) is 5.27. The topological polar surface area (TPSA) is 108 Å². The van der Waals surface area contributed by atoms with E-state index in [0.29, 0.717) is 4.32 Å². The average Bonchev–Trinajstić information content (AvgIpc) is 2.64. The lowest BCUT2D eigenvalue weighted by atomic mass is 10.3. The van der Waals surface area contributed by atoms with Crippen molar-refractivity contribution in [1.29, 1.82) is 0 Å². The molecular formula is C9H7N3O4S3. The highest BCUT2D eigenvalue weighted by Gasteiger charge is 2.28. The van der Waals surface area contributed by atoms with Crippen molar-refractivity contribution in [3.63, 3.8) is 0 Å². The number of azo groups is 1. The number of nitrogens with zero attached hydrogens (tertiary/aromatic N) is 2. The third kappa shape index (κ3) is 3.56. The van der Waals surface area contributed by atoms with Crippen LogP contribution in [-0.4, -0.2) is 28.6 Å². The Morgan fingerprint density at radius 2 is 2.16 bits per heavy atom. The molecule has 10 heteroatoms. The fourth-order valence-corrected chi connectivity index (χ4v) is 2.76. The standard InChI is InChI=1S/C9H7N3O4S3/c13-7-8(18-9(17)10-7)12-11-5-2-1-3-6(4-5)19(14,15)16/h1-4,8H,(H,10,13,17)(H,14,15,16). The summed E-state index contributed by atoms with van der Waals surface area (Å²) >= 11 is 5.84. The molecule has 1 amide bonds. The molecule has 1 atom stereocenters. The molecule has 2 rings (SSSR count). The van der Waals surface area contributed by atoms with E-state index in [9.17, 15) is 13.2 Å². The molecule has 1 aliphatic rings. The molecule has 1 aliphatic heterocycles. The third-order valence-corrected chi connectivity index (χ3v) is 4.15. The predicted molar refractivity (Wildman–Crippen MR) is 72.9 cm³/mol. The largest absolute Gasteiger partial charge is 0.309 e. The number of hydrogen-bond donors (Lipinski definition) is 2. The van der Waals surface area contributed by atoms with Gasteiger partial charge in [-0.2, -0.15) is 18.6 Å². The van der Waals surface area contributed by atoms with Gasteiger partial charge in [-0.1, -0.05) is 30.0 Å². The summed E-state index contributed by atoms with van der Waals surface area (Å²) in [6.07, 6.45) is 0. The Bertz CT molecular complexity index is 671. The van der Waals surface area contributed by atoms with E-state index in [1.165, 1.54) is 18.2 Å². The highest BCUT2D eigenvalue weighted by atomic mass is 32.2. The lowest BCUT2D eigenvalue weighted by molar-refractivity contribution is -0.118. The Morgan fingerprint density at radius 1 is 1.42 bits per heavy atom. The lowest BCUT2D eigenvalue weighted by Gasteiger charge is -1.99. The fourth-order valence-electron chi connectivity index (χ4n) is 1.25. The van der Waals surface area contributed by atoms with Gasteiger partial charge in [0, 0.05) is 0 Å². The van der Waals surface area contributed by atoms with Crippen LogP contribution < -0.4 is 5.32 Å². The van der Waals surface area contributed by atoms with Gasteiger partial charge in [0.05, 0.1) is 10.6 Å². The smallest absolute Gasteiger partial charge is 0.294 e. The molecule has 1 aromatic rings.